The maximum atomic E-state index is 12.7. The van der Waals surface area contributed by atoms with Gasteiger partial charge in [-0.25, -0.2) is 0 Å². The Morgan fingerprint density at radius 2 is 1.60 bits per heavy atom. The second-order valence-electron chi connectivity index (χ2n) is 7.79. The summed E-state index contributed by atoms with van der Waals surface area (Å²) in [5.41, 5.74) is 2.80. The fraction of sp³-hybridized carbons (Fsp3) is 0.231. The number of aryl methyl sites for hydroxylation is 1. The lowest BCUT2D eigenvalue weighted by Gasteiger charge is -2.16. The number of pyridine rings is 1. The minimum atomic E-state index is -0.438. The van der Waals surface area contributed by atoms with E-state index in [9.17, 15) is 19.6 Å². The van der Waals surface area contributed by atoms with E-state index in [4.69, 9.17) is 9.47 Å². The number of hydrogen-bond donors (Lipinski definition) is 3. The van der Waals surface area contributed by atoms with Crippen molar-refractivity contribution in [3.8, 4) is 17.6 Å². The number of nitriles is 1. The van der Waals surface area contributed by atoms with Crippen LogP contribution < -0.4 is 25.7 Å². The van der Waals surface area contributed by atoms with Crippen LogP contribution in [0.25, 0.3) is 0 Å². The molecule has 0 aliphatic rings. The topological polar surface area (TPSA) is 133 Å². The third-order valence-corrected chi connectivity index (χ3v) is 5.60. The summed E-state index contributed by atoms with van der Waals surface area (Å²) in [6.45, 7) is 3.43. The molecular formula is C26H26N4O5. The van der Waals surface area contributed by atoms with Gasteiger partial charge in [0.05, 0.1) is 25.6 Å². The number of aromatic nitrogens is 1. The molecule has 0 saturated heterocycles. The molecule has 1 aromatic heterocycles. The first-order chi connectivity index (χ1) is 16.8. The molecule has 180 valence electrons. The van der Waals surface area contributed by atoms with Crippen LogP contribution in [0.4, 0.5) is 11.4 Å². The quantitative estimate of drug-likeness (QED) is 0.456. The summed E-state index contributed by atoms with van der Waals surface area (Å²) in [5, 5.41) is 14.8. The lowest BCUT2D eigenvalue weighted by molar-refractivity contribution is -0.116. The molecule has 2 amide bonds. The highest BCUT2D eigenvalue weighted by Crippen LogP contribution is 2.36. The lowest BCUT2D eigenvalue weighted by Crippen LogP contribution is -2.19. The van der Waals surface area contributed by atoms with Crippen LogP contribution in [0.15, 0.2) is 47.3 Å². The van der Waals surface area contributed by atoms with Gasteiger partial charge in [-0.2, -0.15) is 5.26 Å². The molecular weight excluding hydrogens is 448 g/mol. The van der Waals surface area contributed by atoms with E-state index in [2.05, 4.69) is 15.6 Å². The molecule has 0 bridgehead atoms. The van der Waals surface area contributed by atoms with Crippen molar-refractivity contribution >= 4 is 23.2 Å². The molecule has 3 aromatic rings. The highest BCUT2D eigenvalue weighted by Gasteiger charge is 2.17. The average Bonchev–Trinajstić information content (AvgIpc) is 2.85. The Morgan fingerprint density at radius 1 is 1.00 bits per heavy atom. The molecule has 0 atom stereocenters. The molecule has 0 saturated carbocycles. The number of amides is 2. The Bertz CT molecular complexity index is 1360. The highest BCUT2D eigenvalue weighted by molar-refractivity contribution is 6.05. The number of aromatic amines is 1. The third-order valence-electron chi connectivity index (χ3n) is 5.60. The van der Waals surface area contributed by atoms with E-state index < -0.39 is 5.56 Å². The Morgan fingerprint density at radius 3 is 2.17 bits per heavy atom. The van der Waals surface area contributed by atoms with E-state index in [1.165, 1.54) is 14.2 Å². The number of methoxy groups -OCH3 is 2. The van der Waals surface area contributed by atoms with E-state index in [-0.39, 0.29) is 23.8 Å². The van der Waals surface area contributed by atoms with Crippen LogP contribution >= 0.6 is 0 Å². The van der Waals surface area contributed by atoms with Gasteiger partial charge >= 0.3 is 0 Å². The summed E-state index contributed by atoms with van der Waals surface area (Å²) in [6.07, 6.45) is 0.441. The Hall–Kier alpha value is -4.58. The number of benzene rings is 2. The van der Waals surface area contributed by atoms with Crippen molar-refractivity contribution in [2.45, 2.75) is 26.7 Å². The minimum absolute atomic E-state index is 0.0468. The van der Waals surface area contributed by atoms with Gasteiger partial charge in [0.25, 0.3) is 11.5 Å². The number of carbonyl (C=O) groups excluding carboxylic acids is 2. The summed E-state index contributed by atoms with van der Waals surface area (Å²) in [4.78, 5) is 39.9. The summed E-state index contributed by atoms with van der Waals surface area (Å²) < 4.78 is 10.8. The highest BCUT2D eigenvalue weighted by atomic mass is 16.5. The molecule has 9 heteroatoms. The molecule has 1 heterocycles. The molecule has 0 unspecified atom stereocenters. The van der Waals surface area contributed by atoms with Crippen LogP contribution in [0.2, 0.25) is 0 Å². The lowest BCUT2D eigenvalue weighted by atomic mass is 9.99. The van der Waals surface area contributed by atoms with Crippen molar-refractivity contribution in [2.75, 3.05) is 24.9 Å². The first kappa shape index (κ1) is 25.1. The van der Waals surface area contributed by atoms with Gasteiger partial charge in [-0.15, -0.1) is 0 Å². The largest absolute Gasteiger partial charge is 0.494 e. The Labute approximate surface area is 202 Å². The number of carbonyl (C=O) groups is 2. The number of hydrogen-bond acceptors (Lipinski definition) is 6. The predicted octanol–water partition coefficient (Wildman–Crippen LogP) is 3.70. The van der Waals surface area contributed by atoms with Crippen molar-refractivity contribution in [3.05, 3.63) is 80.8 Å². The molecule has 35 heavy (non-hydrogen) atoms. The van der Waals surface area contributed by atoms with Crippen LogP contribution in [-0.4, -0.2) is 31.0 Å². The summed E-state index contributed by atoms with van der Waals surface area (Å²) in [7, 11) is 2.91. The number of rotatable bonds is 8. The standard InChI is InChI=1S/C26H26N4O5/c1-15-18(16(2)28-26(33)19(15)14-27)10-11-24(31)29-20-12-23(35-4)21(13-22(20)34-3)30-25(32)17-8-6-5-7-9-17/h5-9,12-13H,10-11H2,1-4H3,(H,28,33)(H,29,31)(H,30,32). The first-order valence-electron chi connectivity index (χ1n) is 10.8. The van der Waals surface area contributed by atoms with E-state index in [0.29, 0.717) is 46.1 Å². The summed E-state index contributed by atoms with van der Waals surface area (Å²) in [5.74, 6) is 0.0723. The zero-order valence-corrected chi connectivity index (χ0v) is 19.9. The normalized spacial score (nSPS) is 10.3. The van der Waals surface area contributed by atoms with Crippen molar-refractivity contribution in [2.24, 2.45) is 0 Å². The summed E-state index contributed by atoms with van der Waals surface area (Å²) >= 11 is 0. The molecule has 0 aliphatic heterocycles. The first-order valence-corrected chi connectivity index (χ1v) is 10.8. The molecule has 9 nitrogen and oxygen atoms in total. The van der Waals surface area contributed by atoms with Crippen LogP contribution in [0.5, 0.6) is 11.5 Å². The van der Waals surface area contributed by atoms with E-state index >= 15 is 0 Å². The monoisotopic (exact) mass is 474 g/mol. The van der Waals surface area contributed by atoms with Gasteiger partial charge in [0.1, 0.15) is 23.1 Å². The molecule has 2 aromatic carbocycles. The summed E-state index contributed by atoms with van der Waals surface area (Å²) in [6, 6.07) is 13.8. The number of nitrogens with zero attached hydrogens (tertiary/aromatic N) is 1. The number of ether oxygens (including phenoxy) is 2. The Balaban J connectivity index is 1.78. The Kier molecular flexibility index (Phi) is 7.89. The molecule has 0 fully saturated rings. The van der Waals surface area contributed by atoms with Crippen molar-refractivity contribution < 1.29 is 19.1 Å². The molecule has 0 radical (unpaired) electrons. The zero-order valence-electron chi connectivity index (χ0n) is 19.9. The fourth-order valence-corrected chi connectivity index (χ4v) is 3.75. The SMILES string of the molecule is COc1cc(NC(=O)c2ccccc2)c(OC)cc1NC(=O)CCc1c(C)[nH]c(=O)c(C#N)c1C. The van der Waals surface area contributed by atoms with Crippen LogP contribution in [0.3, 0.4) is 0 Å². The van der Waals surface area contributed by atoms with E-state index in [1.807, 2.05) is 12.1 Å². The van der Waals surface area contributed by atoms with E-state index in [1.54, 1.807) is 50.2 Å². The van der Waals surface area contributed by atoms with Crippen LogP contribution in [0, 0.1) is 25.2 Å². The van der Waals surface area contributed by atoms with Gasteiger partial charge < -0.3 is 25.1 Å². The molecule has 3 N–H and O–H groups in total. The van der Waals surface area contributed by atoms with Crippen LogP contribution in [0.1, 0.15) is 39.2 Å². The van der Waals surface area contributed by atoms with Gasteiger partial charge in [0, 0.05) is 29.8 Å². The molecule has 3 rings (SSSR count). The fourth-order valence-electron chi connectivity index (χ4n) is 3.75. The number of anilines is 2. The molecule has 0 spiro atoms. The smallest absolute Gasteiger partial charge is 0.266 e. The molecule has 0 aliphatic carbocycles. The van der Waals surface area contributed by atoms with Gasteiger partial charge in [-0.1, -0.05) is 18.2 Å². The second-order valence-corrected chi connectivity index (χ2v) is 7.79. The van der Waals surface area contributed by atoms with Crippen molar-refractivity contribution in [1.82, 2.24) is 4.98 Å². The second kappa shape index (κ2) is 11.0. The minimum Gasteiger partial charge on any atom is -0.494 e. The average molecular weight is 475 g/mol. The maximum absolute atomic E-state index is 12.7. The van der Waals surface area contributed by atoms with E-state index in [0.717, 1.165) is 5.56 Å². The zero-order chi connectivity index (χ0) is 25.5. The van der Waals surface area contributed by atoms with Gasteiger partial charge in [-0.05, 0) is 43.5 Å². The predicted molar refractivity (Wildman–Crippen MR) is 132 cm³/mol. The van der Waals surface area contributed by atoms with Gasteiger partial charge in [0.15, 0.2) is 0 Å². The van der Waals surface area contributed by atoms with Crippen LogP contribution in [-0.2, 0) is 11.2 Å². The van der Waals surface area contributed by atoms with Gasteiger partial charge in [0.2, 0.25) is 5.91 Å². The number of H-pyrrole nitrogens is 1. The third kappa shape index (κ3) is 5.68. The maximum Gasteiger partial charge on any atom is 0.266 e. The van der Waals surface area contributed by atoms with Gasteiger partial charge in [-0.3, -0.25) is 14.4 Å². The number of nitrogens with one attached hydrogen (secondary N) is 3. The van der Waals surface area contributed by atoms with Crippen molar-refractivity contribution in [3.63, 3.8) is 0 Å². The van der Waals surface area contributed by atoms with Crippen molar-refractivity contribution in [1.29, 1.82) is 5.26 Å².